The average Bonchev–Trinajstić information content (AvgIpc) is 2.46. The summed E-state index contributed by atoms with van der Waals surface area (Å²) in [7, 11) is -1.55. The molecular weight excluding hydrogens is 290 g/mol. The van der Waals surface area contributed by atoms with Gasteiger partial charge >= 0.3 is 0 Å². The molecule has 0 amide bonds. The highest BCUT2D eigenvalue weighted by Crippen LogP contribution is 2.21. The van der Waals surface area contributed by atoms with E-state index in [0.717, 1.165) is 39.1 Å². The zero-order valence-electron chi connectivity index (χ0n) is 12.6. The molecule has 1 aliphatic heterocycles. The van der Waals surface area contributed by atoms with Gasteiger partial charge in [-0.2, -0.15) is 0 Å². The van der Waals surface area contributed by atoms with E-state index in [2.05, 4.69) is 15.2 Å². The van der Waals surface area contributed by atoms with E-state index in [9.17, 15) is 8.42 Å². The van der Waals surface area contributed by atoms with Crippen molar-refractivity contribution in [3.63, 3.8) is 0 Å². The number of hydrogen-bond donors (Lipinski definition) is 1. The van der Waals surface area contributed by atoms with E-state index in [1.165, 1.54) is 6.26 Å². The summed E-state index contributed by atoms with van der Waals surface area (Å²) in [6.07, 6.45) is 4.78. The van der Waals surface area contributed by atoms with Gasteiger partial charge in [0.15, 0.2) is 9.84 Å². The first kappa shape index (κ1) is 16.2. The number of ether oxygens (including phenoxy) is 1. The van der Waals surface area contributed by atoms with E-state index in [1.807, 2.05) is 0 Å². The molecule has 118 valence electrons. The van der Waals surface area contributed by atoms with Crippen LogP contribution in [0.2, 0.25) is 0 Å². The summed E-state index contributed by atoms with van der Waals surface area (Å²) >= 11 is 0. The number of sulfone groups is 1. The Labute approximate surface area is 126 Å². The summed E-state index contributed by atoms with van der Waals surface area (Å²) in [5.74, 6) is 0.468. The van der Waals surface area contributed by atoms with Crippen molar-refractivity contribution in [1.82, 2.24) is 9.88 Å². The Balaban J connectivity index is 1.95. The maximum Gasteiger partial charge on any atom is 0.179 e. The molecule has 2 rings (SSSR count). The number of rotatable bonds is 6. The van der Waals surface area contributed by atoms with Crippen molar-refractivity contribution in [1.29, 1.82) is 0 Å². The van der Waals surface area contributed by atoms with E-state index >= 15 is 0 Å². The number of nitrogens with zero attached hydrogens (tertiary/aromatic N) is 2. The molecule has 1 aromatic rings. The van der Waals surface area contributed by atoms with E-state index in [0.29, 0.717) is 5.82 Å². The molecule has 0 atom stereocenters. The molecule has 21 heavy (non-hydrogen) atoms. The average molecular weight is 313 g/mol. The molecule has 0 aliphatic carbocycles. The lowest BCUT2D eigenvalue weighted by Crippen LogP contribution is -2.40. The van der Waals surface area contributed by atoms with Crippen molar-refractivity contribution >= 4 is 15.7 Å². The molecule has 1 N–H and O–H groups in total. The van der Waals surface area contributed by atoms with E-state index in [4.69, 9.17) is 4.74 Å². The highest BCUT2D eigenvalue weighted by atomic mass is 32.2. The topological polar surface area (TPSA) is 71.5 Å². The normalized spacial score (nSPS) is 17.8. The summed E-state index contributed by atoms with van der Waals surface area (Å²) in [6, 6.07) is 3.51. The predicted molar refractivity (Wildman–Crippen MR) is 82.3 cm³/mol. The van der Waals surface area contributed by atoms with Crippen molar-refractivity contribution in [2.24, 2.45) is 0 Å². The number of anilines is 1. The summed E-state index contributed by atoms with van der Waals surface area (Å²) < 4.78 is 28.6. The van der Waals surface area contributed by atoms with Crippen LogP contribution >= 0.6 is 0 Å². The fourth-order valence-electron chi connectivity index (χ4n) is 2.51. The second kappa shape index (κ2) is 7.20. The lowest BCUT2D eigenvalue weighted by Gasteiger charge is -2.32. The standard InChI is InChI=1S/C14H23N3O3S/c1-20-11-10-17-8-5-12(6-9-17)16-14-13(21(2,18)19)4-3-7-15-14/h3-4,7,12H,5-6,8-11H2,1-2H3,(H,15,16). The molecular formula is C14H23N3O3S. The highest BCUT2D eigenvalue weighted by Gasteiger charge is 2.21. The molecule has 0 aromatic carbocycles. The Hall–Kier alpha value is -1.18. The van der Waals surface area contributed by atoms with Gasteiger partial charge in [-0.1, -0.05) is 0 Å². The van der Waals surface area contributed by atoms with Crippen LogP contribution in [-0.2, 0) is 14.6 Å². The van der Waals surface area contributed by atoms with Crippen LogP contribution in [0.4, 0.5) is 5.82 Å². The van der Waals surface area contributed by atoms with Gasteiger partial charge in [-0.3, -0.25) is 0 Å². The summed E-state index contributed by atoms with van der Waals surface area (Å²) in [5.41, 5.74) is 0. The Morgan fingerprint density at radius 2 is 2.14 bits per heavy atom. The molecule has 0 radical (unpaired) electrons. The third kappa shape index (κ3) is 4.66. The molecule has 1 aliphatic rings. The van der Waals surface area contributed by atoms with Gasteiger partial charge in [0.1, 0.15) is 10.7 Å². The maximum atomic E-state index is 11.8. The van der Waals surface area contributed by atoms with E-state index < -0.39 is 9.84 Å². The first-order valence-electron chi connectivity index (χ1n) is 7.13. The van der Waals surface area contributed by atoms with Crippen molar-refractivity contribution in [2.75, 3.05) is 44.9 Å². The van der Waals surface area contributed by atoms with Crippen LogP contribution < -0.4 is 5.32 Å². The maximum absolute atomic E-state index is 11.8. The smallest absolute Gasteiger partial charge is 0.179 e. The van der Waals surface area contributed by atoms with Crippen molar-refractivity contribution in [3.8, 4) is 0 Å². The van der Waals surface area contributed by atoms with Gasteiger partial charge in [0, 0.05) is 45.2 Å². The van der Waals surface area contributed by atoms with Crippen LogP contribution in [0.5, 0.6) is 0 Å². The number of aromatic nitrogens is 1. The third-order valence-corrected chi connectivity index (χ3v) is 4.84. The number of pyridine rings is 1. The Bertz CT molecular complexity index is 554. The van der Waals surface area contributed by atoms with Crippen molar-refractivity contribution in [2.45, 2.75) is 23.8 Å². The van der Waals surface area contributed by atoms with Crippen LogP contribution in [0.3, 0.4) is 0 Å². The SMILES string of the molecule is COCCN1CCC(Nc2ncccc2S(C)(=O)=O)CC1. The van der Waals surface area contributed by atoms with Crippen LogP contribution in [0, 0.1) is 0 Å². The van der Waals surface area contributed by atoms with Gasteiger partial charge in [0.25, 0.3) is 0 Å². The number of likely N-dealkylation sites (tertiary alicyclic amines) is 1. The van der Waals surface area contributed by atoms with Crippen molar-refractivity contribution in [3.05, 3.63) is 18.3 Å². The van der Waals surface area contributed by atoms with Gasteiger partial charge in [0.05, 0.1) is 6.61 Å². The van der Waals surface area contributed by atoms with Gasteiger partial charge < -0.3 is 15.0 Å². The Morgan fingerprint density at radius 3 is 2.76 bits per heavy atom. The first-order valence-corrected chi connectivity index (χ1v) is 9.03. The highest BCUT2D eigenvalue weighted by molar-refractivity contribution is 7.90. The summed E-state index contributed by atoms with van der Waals surface area (Å²) in [6.45, 7) is 3.67. The Morgan fingerprint density at radius 1 is 1.43 bits per heavy atom. The zero-order chi connectivity index (χ0) is 15.3. The molecule has 0 spiro atoms. The van der Waals surface area contributed by atoms with Crippen molar-refractivity contribution < 1.29 is 13.2 Å². The van der Waals surface area contributed by atoms with Gasteiger partial charge in [-0.05, 0) is 25.0 Å². The minimum absolute atomic E-state index is 0.263. The number of piperidine rings is 1. The minimum Gasteiger partial charge on any atom is -0.383 e. The lowest BCUT2D eigenvalue weighted by atomic mass is 10.1. The fourth-order valence-corrected chi connectivity index (χ4v) is 3.30. The van der Waals surface area contributed by atoms with Crippen LogP contribution in [-0.4, -0.2) is 64.0 Å². The molecule has 1 fully saturated rings. The molecule has 7 heteroatoms. The molecule has 1 saturated heterocycles. The third-order valence-electron chi connectivity index (χ3n) is 3.71. The number of hydrogen-bond acceptors (Lipinski definition) is 6. The molecule has 1 aromatic heterocycles. The van der Waals surface area contributed by atoms with Gasteiger partial charge in [-0.15, -0.1) is 0 Å². The largest absolute Gasteiger partial charge is 0.383 e. The molecule has 0 bridgehead atoms. The second-order valence-electron chi connectivity index (χ2n) is 5.38. The minimum atomic E-state index is -3.26. The predicted octanol–water partition coefficient (Wildman–Crippen LogP) is 1.01. The monoisotopic (exact) mass is 313 g/mol. The number of nitrogens with one attached hydrogen (secondary N) is 1. The molecule has 0 saturated carbocycles. The second-order valence-corrected chi connectivity index (χ2v) is 7.36. The molecule has 2 heterocycles. The fraction of sp³-hybridized carbons (Fsp3) is 0.643. The summed E-state index contributed by atoms with van der Waals surface area (Å²) in [4.78, 5) is 6.81. The lowest BCUT2D eigenvalue weighted by molar-refractivity contribution is 0.132. The first-order chi connectivity index (χ1) is 10.0. The molecule has 6 nitrogen and oxygen atoms in total. The number of methoxy groups -OCH3 is 1. The molecule has 0 unspecified atom stereocenters. The van der Waals surface area contributed by atoms with Crippen LogP contribution in [0.15, 0.2) is 23.2 Å². The zero-order valence-corrected chi connectivity index (χ0v) is 13.4. The van der Waals surface area contributed by atoms with Gasteiger partial charge in [-0.25, -0.2) is 13.4 Å². The van der Waals surface area contributed by atoms with Crippen LogP contribution in [0.1, 0.15) is 12.8 Å². The Kier molecular flexibility index (Phi) is 5.55. The summed E-state index contributed by atoms with van der Waals surface area (Å²) in [5, 5.41) is 3.28. The van der Waals surface area contributed by atoms with Gasteiger partial charge in [0.2, 0.25) is 0 Å². The van der Waals surface area contributed by atoms with E-state index in [1.54, 1.807) is 25.4 Å². The quantitative estimate of drug-likeness (QED) is 0.845. The van der Waals surface area contributed by atoms with Crippen LogP contribution in [0.25, 0.3) is 0 Å². The van der Waals surface area contributed by atoms with E-state index in [-0.39, 0.29) is 10.9 Å².